The topological polar surface area (TPSA) is 80.8 Å². The largest absolute Gasteiger partial charge is 0.544 e. The molecule has 2 aromatic rings. The molecule has 0 saturated heterocycles. The fraction of sp³-hybridized carbons (Fsp3) is 0.594. The normalized spacial score (nSPS) is 14.6. The number of alkyl halides is 3. The van der Waals surface area contributed by atoms with Gasteiger partial charge in [0.05, 0.1) is 25.9 Å². The summed E-state index contributed by atoms with van der Waals surface area (Å²) in [7, 11) is 0.961. The van der Waals surface area contributed by atoms with Gasteiger partial charge in [-0.3, -0.25) is 10.1 Å². The van der Waals surface area contributed by atoms with Crippen LogP contribution in [0.3, 0.4) is 0 Å². The van der Waals surface area contributed by atoms with Gasteiger partial charge in [-0.05, 0) is 66.7 Å². The van der Waals surface area contributed by atoms with Gasteiger partial charge in [-0.15, -0.1) is 0 Å². The molecule has 0 radical (unpaired) electrons. The quantitative estimate of drug-likeness (QED) is 0.176. The first kappa shape index (κ1) is 36.3. The Bertz CT molecular complexity index is 1170. The second-order valence-corrected chi connectivity index (χ2v) is 17.5. The van der Waals surface area contributed by atoms with Gasteiger partial charge < -0.3 is 24.5 Å². The van der Waals surface area contributed by atoms with Gasteiger partial charge in [-0.25, -0.2) is 0 Å². The summed E-state index contributed by atoms with van der Waals surface area (Å²) in [5.41, 5.74) is 0.739. The summed E-state index contributed by atoms with van der Waals surface area (Å²) in [4.78, 5) is 13.4. The maximum absolute atomic E-state index is 14.4. The number of halogens is 3. The number of rotatable bonds is 15. The molecule has 0 heterocycles. The van der Waals surface area contributed by atoms with Crippen LogP contribution in [0, 0.1) is 5.92 Å². The number of methoxy groups -OCH3 is 2. The maximum atomic E-state index is 14.4. The number of ether oxygens (including phenoxy) is 2. The van der Waals surface area contributed by atoms with E-state index in [0.717, 1.165) is 0 Å². The molecule has 0 aromatic heterocycles. The van der Waals surface area contributed by atoms with Crippen LogP contribution in [0.5, 0.6) is 17.2 Å². The number of hydrogen-bond acceptors (Lipinski definition) is 6. The van der Waals surface area contributed by atoms with Gasteiger partial charge in [-0.1, -0.05) is 53.7 Å². The summed E-state index contributed by atoms with van der Waals surface area (Å²) in [6, 6.07) is 7.96. The SMILES string of the molecule is CC[C@@H](CNc1ccc(OC)cc1OC)NC(=O)[C@H](CC(C)C)N[C@@H](c1ccc(O[Si](C)(C)C(C)(C)C)cc1)C(F)(F)F. The van der Waals surface area contributed by atoms with E-state index in [9.17, 15) is 18.0 Å². The van der Waals surface area contributed by atoms with Crippen LogP contribution in [-0.2, 0) is 4.79 Å². The summed E-state index contributed by atoms with van der Waals surface area (Å²) in [6.07, 6.45) is -3.81. The molecule has 2 aromatic carbocycles. The number of carbonyl (C=O) groups excluding carboxylic acids is 1. The van der Waals surface area contributed by atoms with E-state index in [1.165, 1.54) is 12.1 Å². The first-order valence-corrected chi connectivity index (χ1v) is 17.7. The van der Waals surface area contributed by atoms with Crippen molar-refractivity contribution in [3.05, 3.63) is 48.0 Å². The minimum atomic E-state index is -4.62. The van der Waals surface area contributed by atoms with Crippen LogP contribution >= 0.6 is 0 Å². The highest BCUT2D eigenvalue weighted by molar-refractivity contribution is 6.74. The third kappa shape index (κ3) is 10.6. The molecule has 0 unspecified atom stereocenters. The monoisotopic (exact) mass is 625 g/mol. The minimum absolute atomic E-state index is 0.0146. The third-order valence-corrected chi connectivity index (χ3v) is 12.3. The average molecular weight is 626 g/mol. The molecule has 7 nitrogen and oxygen atoms in total. The molecule has 3 N–H and O–H groups in total. The van der Waals surface area contributed by atoms with Crippen LogP contribution in [-0.4, -0.2) is 53.2 Å². The Balaban J connectivity index is 2.21. The van der Waals surface area contributed by atoms with Gasteiger partial charge in [0.2, 0.25) is 14.2 Å². The first-order valence-electron chi connectivity index (χ1n) is 14.8. The van der Waals surface area contributed by atoms with Crippen LogP contribution in [0.4, 0.5) is 18.9 Å². The predicted octanol–water partition coefficient (Wildman–Crippen LogP) is 7.70. The van der Waals surface area contributed by atoms with Crippen LogP contribution in [0.25, 0.3) is 0 Å². The van der Waals surface area contributed by atoms with E-state index in [4.69, 9.17) is 13.9 Å². The number of carbonyl (C=O) groups is 1. The van der Waals surface area contributed by atoms with Crippen LogP contribution < -0.4 is 29.9 Å². The molecule has 43 heavy (non-hydrogen) atoms. The zero-order valence-electron chi connectivity index (χ0n) is 27.2. The van der Waals surface area contributed by atoms with Crippen molar-refractivity contribution >= 4 is 19.9 Å². The number of benzene rings is 2. The highest BCUT2D eigenvalue weighted by Gasteiger charge is 2.43. The van der Waals surface area contributed by atoms with Crippen LogP contribution in [0.2, 0.25) is 18.1 Å². The summed E-state index contributed by atoms with van der Waals surface area (Å²) in [6.45, 7) is 16.5. The molecule has 2 rings (SSSR count). The smallest absolute Gasteiger partial charge is 0.407 e. The molecule has 3 atom stereocenters. The van der Waals surface area contributed by atoms with Crippen molar-refractivity contribution in [2.24, 2.45) is 5.92 Å². The lowest BCUT2D eigenvalue weighted by atomic mass is 9.99. The van der Waals surface area contributed by atoms with Gasteiger partial charge in [0.15, 0.2) is 0 Å². The lowest BCUT2D eigenvalue weighted by molar-refractivity contribution is -0.161. The first-order chi connectivity index (χ1) is 19.9. The van der Waals surface area contributed by atoms with E-state index in [-0.39, 0.29) is 29.0 Å². The van der Waals surface area contributed by atoms with Crippen molar-refractivity contribution in [1.82, 2.24) is 10.6 Å². The van der Waals surface area contributed by atoms with Gasteiger partial charge in [0.1, 0.15) is 23.3 Å². The van der Waals surface area contributed by atoms with Gasteiger partial charge >= 0.3 is 6.18 Å². The summed E-state index contributed by atoms with van der Waals surface area (Å²) >= 11 is 0. The Morgan fingerprint density at radius 1 is 0.953 bits per heavy atom. The van der Waals surface area contributed by atoms with E-state index in [0.29, 0.717) is 35.9 Å². The summed E-state index contributed by atoms with van der Waals surface area (Å²) in [5.74, 6) is 1.27. The molecule has 11 heteroatoms. The van der Waals surface area contributed by atoms with Crippen molar-refractivity contribution in [2.75, 3.05) is 26.1 Å². The van der Waals surface area contributed by atoms with E-state index >= 15 is 0 Å². The van der Waals surface area contributed by atoms with Crippen LogP contribution in [0.1, 0.15) is 66.0 Å². The van der Waals surface area contributed by atoms with Crippen molar-refractivity contribution < 1.29 is 31.9 Å². The molecule has 0 spiro atoms. The molecule has 0 aliphatic carbocycles. The standard InChI is InChI=1S/C32H50F3N3O4Si/c1-11-23(20-36-26-17-16-25(40-7)19-28(26)41-8)37-30(39)27(18-21(2)3)38-29(32(33,34)35)22-12-14-24(15-13-22)42-43(9,10)31(4,5)6/h12-17,19,21,23,27,29,36,38H,11,18,20H2,1-10H3,(H,37,39)/t23-,27-,29-/m0/s1. The zero-order valence-corrected chi connectivity index (χ0v) is 28.2. The fourth-order valence-electron chi connectivity index (χ4n) is 4.26. The molecule has 0 saturated carbocycles. The van der Waals surface area contributed by atoms with Crippen molar-refractivity contribution in [1.29, 1.82) is 0 Å². The van der Waals surface area contributed by atoms with Crippen molar-refractivity contribution in [2.45, 2.75) is 96.8 Å². The number of nitrogens with one attached hydrogen (secondary N) is 3. The molecule has 0 fully saturated rings. The lowest BCUT2D eigenvalue weighted by Gasteiger charge is -2.36. The molecule has 0 aliphatic heterocycles. The minimum Gasteiger partial charge on any atom is -0.544 e. The van der Waals surface area contributed by atoms with E-state index in [2.05, 4.69) is 49.8 Å². The molecular formula is C32H50F3N3O4Si. The fourth-order valence-corrected chi connectivity index (χ4v) is 5.29. The second-order valence-electron chi connectivity index (χ2n) is 12.8. The van der Waals surface area contributed by atoms with Gasteiger partial charge in [-0.2, -0.15) is 13.2 Å². The van der Waals surface area contributed by atoms with Gasteiger partial charge in [0.25, 0.3) is 0 Å². The Kier molecular flexibility index (Phi) is 12.8. The molecule has 242 valence electrons. The Hall–Kier alpha value is -2.92. The lowest BCUT2D eigenvalue weighted by Crippen LogP contribution is -2.52. The highest BCUT2D eigenvalue weighted by Crippen LogP contribution is 2.39. The Labute approximate surface area is 256 Å². The predicted molar refractivity (Wildman–Crippen MR) is 170 cm³/mol. The molecule has 0 aliphatic rings. The molecule has 1 amide bonds. The number of anilines is 1. The van der Waals surface area contributed by atoms with E-state index < -0.39 is 32.5 Å². The van der Waals surface area contributed by atoms with E-state index in [1.54, 1.807) is 38.5 Å². The molecule has 0 bridgehead atoms. The Morgan fingerprint density at radius 3 is 2.05 bits per heavy atom. The second kappa shape index (κ2) is 15.2. The maximum Gasteiger partial charge on any atom is 0.407 e. The van der Waals surface area contributed by atoms with Crippen molar-refractivity contribution in [3.8, 4) is 17.2 Å². The van der Waals surface area contributed by atoms with Crippen LogP contribution in [0.15, 0.2) is 42.5 Å². The van der Waals surface area contributed by atoms with Gasteiger partial charge in [0, 0.05) is 18.7 Å². The third-order valence-electron chi connectivity index (χ3n) is 7.90. The number of amides is 1. The molecular weight excluding hydrogens is 575 g/mol. The summed E-state index contributed by atoms with van der Waals surface area (Å²) in [5, 5.41) is 8.81. The Morgan fingerprint density at radius 2 is 1.56 bits per heavy atom. The average Bonchev–Trinajstić information content (AvgIpc) is 2.91. The number of hydrogen-bond donors (Lipinski definition) is 3. The van der Waals surface area contributed by atoms with E-state index in [1.807, 2.05) is 26.8 Å². The summed E-state index contributed by atoms with van der Waals surface area (Å²) < 4.78 is 60.1. The zero-order chi connectivity index (χ0) is 32.6. The highest BCUT2D eigenvalue weighted by atomic mass is 28.4. The van der Waals surface area contributed by atoms with Crippen molar-refractivity contribution in [3.63, 3.8) is 0 Å².